The van der Waals surface area contributed by atoms with E-state index in [0.29, 0.717) is 55.6 Å². The van der Waals surface area contributed by atoms with Gasteiger partial charge in [0.05, 0.1) is 18.0 Å². The second kappa shape index (κ2) is 8.18. The maximum absolute atomic E-state index is 13.8. The van der Waals surface area contributed by atoms with Gasteiger partial charge < -0.3 is 20.4 Å². The molecule has 3 fully saturated rings. The lowest BCUT2D eigenvalue weighted by Gasteiger charge is -2.37. The van der Waals surface area contributed by atoms with Gasteiger partial charge in [-0.3, -0.25) is 14.6 Å². The molecule has 3 aliphatic rings. The lowest BCUT2D eigenvalue weighted by molar-refractivity contribution is -0.142. The van der Waals surface area contributed by atoms with E-state index >= 15 is 0 Å². The summed E-state index contributed by atoms with van der Waals surface area (Å²) in [7, 11) is 0. The molecule has 2 atom stereocenters. The third kappa shape index (κ3) is 3.74. The Morgan fingerprint density at radius 3 is 2.61 bits per heavy atom. The third-order valence-corrected chi connectivity index (χ3v) is 6.68. The number of carbonyl (C=O) groups is 2. The molecule has 2 unspecified atom stereocenters. The maximum Gasteiger partial charge on any atom is 0.257 e. The average Bonchev–Trinajstić information content (AvgIpc) is 3.32. The molecule has 33 heavy (non-hydrogen) atoms. The van der Waals surface area contributed by atoms with Crippen LogP contribution in [0.1, 0.15) is 53.3 Å². The predicted octanol–water partition coefficient (Wildman–Crippen LogP) is 2.35. The number of aromatic nitrogens is 1. The van der Waals surface area contributed by atoms with E-state index in [0.717, 1.165) is 6.07 Å². The second-order valence-corrected chi connectivity index (χ2v) is 8.61. The molecule has 5 rings (SSSR count). The summed E-state index contributed by atoms with van der Waals surface area (Å²) in [4.78, 5) is 33.8. The molecule has 0 bridgehead atoms. The zero-order valence-corrected chi connectivity index (χ0v) is 17.8. The van der Waals surface area contributed by atoms with Crippen molar-refractivity contribution in [3.63, 3.8) is 0 Å². The smallest absolute Gasteiger partial charge is 0.257 e. The van der Waals surface area contributed by atoms with Gasteiger partial charge in [-0.25, -0.2) is 8.78 Å². The summed E-state index contributed by atoms with van der Waals surface area (Å²) in [6, 6.07) is 6.17. The van der Waals surface area contributed by atoms with Crippen LogP contribution >= 0.6 is 0 Å². The summed E-state index contributed by atoms with van der Waals surface area (Å²) in [5.41, 5.74) is 0.364. The Morgan fingerprint density at radius 2 is 1.91 bits per heavy atom. The Hall–Kier alpha value is -3.40. The predicted molar refractivity (Wildman–Crippen MR) is 114 cm³/mol. The van der Waals surface area contributed by atoms with Crippen LogP contribution in [0.25, 0.3) is 0 Å². The minimum absolute atomic E-state index is 0.169. The fourth-order valence-electron chi connectivity index (χ4n) is 5.12. The highest BCUT2D eigenvalue weighted by Crippen LogP contribution is 2.47. The van der Waals surface area contributed by atoms with Gasteiger partial charge >= 0.3 is 0 Å². The normalized spacial score (nSPS) is 24.1. The van der Waals surface area contributed by atoms with E-state index in [2.05, 4.69) is 10.1 Å². The van der Waals surface area contributed by atoms with Crippen molar-refractivity contribution in [2.75, 3.05) is 13.1 Å². The number of fused-ring (bicyclic) bond motifs is 1. The summed E-state index contributed by atoms with van der Waals surface area (Å²) in [6.07, 6.45) is 4.35. The second-order valence-electron chi connectivity index (χ2n) is 8.61. The minimum atomic E-state index is -1.01. The molecule has 3 aliphatic heterocycles. The topological polar surface area (TPSA) is 101 Å². The number of likely N-dealkylation sites (tertiary alicyclic amines) is 1. The molecule has 0 radical (unpaired) electrons. The number of nitrogens with zero attached hydrogens (tertiary/aromatic N) is 4. The summed E-state index contributed by atoms with van der Waals surface area (Å²) in [5, 5.41) is 3.43. The van der Waals surface area contributed by atoms with Crippen LogP contribution in [0.3, 0.4) is 0 Å². The van der Waals surface area contributed by atoms with Crippen molar-refractivity contribution >= 4 is 18.0 Å². The first-order valence-electron chi connectivity index (χ1n) is 10.9. The number of halogens is 2. The zero-order valence-electron chi connectivity index (χ0n) is 17.8. The Balaban J connectivity index is 1.30. The van der Waals surface area contributed by atoms with Crippen molar-refractivity contribution in [1.29, 1.82) is 0 Å². The maximum atomic E-state index is 13.8. The first-order valence-corrected chi connectivity index (χ1v) is 10.9. The van der Waals surface area contributed by atoms with E-state index in [1.807, 2.05) is 0 Å². The van der Waals surface area contributed by atoms with Crippen molar-refractivity contribution in [2.24, 2.45) is 10.9 Å². The Morgan fingerprint density at radius 1 is 1.18 bits per heavy atom. The van der Waals surface area contributed by atoms with Crippen LogP contribution in [-0.4, -0.2) is 57.7 Å². The van der Waals surface area contributed by atoms with Crippen LogP contribution in [0.5, 0.6) is 0 Å². The van der Waals surface area contributed by atoms with Gasteiger partial charge in [-0.2, -0.15) is 5.10 Å². The molecule has 2 aromatic rings. The highest BCUT2D eigenvalue weighted by molar-refractivity contribution is 5.96. The molecule has 0 aliphatic carbocycles. The number of hydrazone groups is 1. The van der Waals surface area contributed by atoms with Crippen LogP contribution in [0.2, 0.25) is 0 Å². The van der Waals surface area contributed by atoms with Crippen molar-refractivity contribution < 1.29 is 23.1 Å². The molecular weight excluding hydrogens is 432 g/mol. The first kappa shape index (κ1) is 21.4. The SMILES string of the molecule is N/N=C\c1cc(C(=O)N2CCC3(CC2)OC2CCC(c4cc(F)cc(F)c4)N2C3=O)ccn1. The molecule has 1 aromatic carbocycles. The minimum Gasteiger partial charge on any atom is -0.342 e. The number of amides is 2. The van der Waals surface area contributed by atoms with E-state index in [9.17, 15) is 18.4 Å². The number of carbonyl (C=O) groups excluding carboxylic acids is 2. The number of ether oxygens (including phenoxy) is 1. The number of benzene rings is 1. The van der Waals surface area contributed by atoms with Crippen LogP contribution in [-0.2, 0) is 9.53 Å². The average molecular weight is 455 g/mol. The van der Waals surface area contributed by atoms with Gasteiger partial charge in [0.15, 0.2) is 5.60 Å². The van der Waals surface area contributed by atoms with Crippen LogP contribution in [0, 0.1) is 11.6 Å². The molecule has 8 nitrogen and oxygen atoms in total. The summed E-state index contributed by atoms with van der Waals surface area (Å²) in [6.45, 7) is 0.708. The van der Waals surface area contributed by atoms with Crippen LogP contribution in [0.15, 0.2) is 41.6 Å². The van der Waals surface area contributed by atoms with Crippen molar-refractivity contribution in [3.05, 3.63) is 65.0 Å². The first-order chi connectivity index (χ1) is 15.9. The Bertz CT molecular complexity index is 1110. The molecule has 3 saturated heterocycles. The van der Waals surface area contributed by atoms with Crippen LogP contribution in [0.4, 0.5) is 8.78 Å². The number of pyridine rings is 1. The van der Waals surface area contributed by atoms with Gasteiger partial charge in [0.2, 0.25) is 0 Å². The zero-order chi connectivity index (χ0) is 23.2. The number of rotatable bonds is 3. The molecule has 4 heterocycles. The van der Waals surface area contributed by atoms with Gasteiger partial charge in [-0.1, -0.05) is 0 Å². The number of hydrogen-bond donors (Lipinski definition) is 1. The quantitative estimate of drug-likeness (QED) is 0.435. The van der Waals surface area contributed by atoms with E-state index < -0.39 is 29.5 Å². The molecular formula is C23H23F2N5O3. The van der Waals surface area contributed by atoms with Gasteiger partial charge in [-0.05, 0) is 42.7 Å². The van der Waals surface area contributed by atoms with E-state index in [-0.39, 0.29) is 11.8 Å². The van der Waals surface area contributed by atoms with Crippen LogP contribution < -0.4 is 5.84 Å². The van der Waals surface area contributed by atoms with Gasteiger partial charge in [-0.15, -0.1) is 0 Å². The molecule has 10 heteroatoms. The van der Waals surface area contributed by atoms with Crippen molar-refractivity contribution in [1.82, 2.24) is 14.8 Å². The number of nitrogens with two attached hydrogens (primary N) is 1. The summed E-state index contributed by atoms with van der Waals surface area (Å²) in [5.74, 6) is 3.48. The fraction of sp³-hybridized carbons (Fsp3) is 0.391. The van der Waals surface area contributed by atoms with Crippen molar-refractivity contribution in [3.8, 4) is 0 Å². The fourth-order valence-corrected chi connectivity index (χ4v) is 5.12. The Kier molecular flexibility index (Phi) is 5.32. The standard InChI is InChI=1S/C23H23F2N5O3/c24-16-9-15(10-17(25)12-16)19-1-2-20-30(19)22(32)23(33-20)4-7-29(8-5-23)21(31)14-3-6-27-18(11-14)13-28-26/h3,6,9-13,19-20H,1-2,4-5,7-8,26H2/b28-13-. The van der Waals surface area contributed by atoms with Gasteiger partial charge in [0.1, 0.15) is 17.9 Å². The monoisotopic (exact) mass is 455 g/mol. The molecule has 1 aromatic heterocycles. The number of hydrogen-bond acceptors (Lipinski definition) is 6. The van der Waals surface area contributed by atoms with E-state index in [1.165, 1.54) is 24.5 Å². The van der Waals surface area contributed by atoms with Gasteiger partial charge in [0, 0.05) is 43.8 Å². The van der Waals surface area contributed by atoms with Crippen molar-refractivity contribution in [2.45, 2.75) is 43.6 Å². The summed E-state index contributed by atoms with van der Waals surface area (Å²) >= 11 is 0. The molecule has 2 N–H and O–H groups in total. The third-order valence-electron chi connectivity index (χ3n) is 6.68. The van der Waals surface area contributed by atoms with Gasteiger partial charge in [0.25, 0.3) is 11.8 Å². The number of piperidine rings is 1. The highest BCUT2D eigenvalue weighted by atomic mass is 19.1. The molecule has 172 valence electrons. The molecule has 0 saturated carbocycles. The Labute approximate surface area is 189 Å². The lowest BCUT2D eigenvalue weighted by Crippen LogP contribution is -2.51. The summed E-state index contributed by atoms with van der Waals surface area (Å²) < 4.78 is 33.8. The highest BCUT2D eigenvalue weighted by Gasteiger charge is 2.58. The largest absolute Gasteiger partial charge is 0.342 e. The van der Waals surface area contributed by atoms with E-state index in [1.54, 1.807) is 21.9 Å². The lowest BCUT2D eigenvalue weighted by atomic mass is 9.89. The molecule has 1 spiro atoms. The molecule has 2 amide bonds. The van der Waals surface area contributed by atoms with E-state index in [4.69, 9.17) is 10.6 Å².